The number of thiophene rings is 1. The third-order valence-corrected chi connectivity index (χ3v) is 12.7. The summed E-state index contributed by atoms with van der Waals surface area (Å²) in [5.74, 6) is -0.632. The van der Waals surface area contributed by atoms with Crippen LogP contribution in [0.3, 0.4) is 0 Å². The summed E-state index contributed by atoms with van der Waals surface area (Å²) < 4.78 is 70.3. The number of fused-ring (bicyclic) bond motifs is 1. The number of hydrogen-bond donors (Lipinski definition) is 2. The van der Waals surface area contributed by atoms with Crippen LogP contribution in [-0.2, 0) is 27.2 Å². The minimum absolute atomic E-state index is 0.00909. The monoisotopic (exact) mass is 680 g/mol. The van der Waals surface area contributed by atoms with Gasteiger partial charge >= 0.3 is 15.2 Å². The number of methoxy groups -OCH3 is 1. The third-order valence-electron chi connectivity index (χ3n) is 6.20. The van der Waals surface area contributed by atoms with Gasteiger partial charge in [0, 0.05) is 22.9 Å². The van der Waals surface area contributed by atoms with E-state index in [0.717, 1.165) is 6.07 Å². The predicted molar refractivity (Wildman–Crippen MR) is 173 cm³/mol. The molecule has 0 aliphatic heterocycles. The van der Waals surface area contributed by atoms with Crippen LogP contribution >= 0.6 is 26.5 Å². The van der Waals surface area contributed by atoms with Crippen LogP contribution in [-0.4, -0.2) is 54.9 Å². The van der Waals surface area contributed by atoms with E-state index in [1.165, 1.54) is 30.6 Å². The van der Waals surface area contributed by atoms with Crippen LogP contribution in [0.4, 0.5) is 15.9 Å². The molecule has 0 spiro atoms. The van der Waals surface area contributed by atoms with Crippen molar-refractivity contribution in [1.29, 1.82) is 0 Å². The minimum Gasteiger partial charge on any atom is -0.494 e. The molecule has 2 aromatic heterocycles. The summed E-state index contributed by atoms with van der Waals surface area (Å²) in [6.07, 6.45) is 0. The van der Waals surface area contributed by atoms with Crippen LogP contribution in [0.1, 0.15) is 38.1 Å². The van der Waals surface area contributed by atoms with Gasteiger partial charge in [0.2, 0.25) is 5.52 Å². The normalized spacial score (nSPS) is 12.1. The van der Waals surface area contributed by atoms with Crippen molar-refractivity contribution in [2.45, 2.75) is 33.2 Å². The molecule has 2 heterocycles. The second-order valence-corrected chi connectivity index (χ2v) is 14.7. The van der Waals surface area contributed by atoms with Gasteiger partial charge in [0.05, 0.1) is 43.8 Å². The van der Waals surface area contributed by atoms with Crippen molar-refractivity contribution in [1.82, 2.24) is 9.97 Å². The zero-order valence-corrected chi connectivity index (χ0v) is 28.0. The van der Waals surface area contributed by atoms with E-state index in [0.29, 0.717) is 15.8 Å². The van der Waals surface area contributed by atoms with E-state index in [1.54, 1.807) is 63.4 Å². The number of carbonyl (C=O) groups is 1. The summed E-state index contributed by atoms with van der Waals surface area (Å²) in [6.45, 7) is 6.61. The molecule has 16 heteroatoms. The Hall–Kier alpha value is -3.22. The van der Waals surface area contributed by atoms with E-state index in [-0.39, 0.29) is 55.1 Å². The molecular weight excluding hydrogens is 645 g/mol. The molecule has 0 atom stereocenters. The van der Waals surface area contributed by atoms with Gasteiger partial charge in [0.15, 0.2) is 17.4 Å². The van der Waals surface area contributed by atoms with Crippen molar-refractivity contribution in [3.63, 3.8) is 0 Å². The number of ether oxygens (including phenoxy) is 1. The Kier molecular flexibility index (Phi) is 11.8. The first-order valence-corrected chi connectivity index (χ1v) is 18.3. The van der Waals surface area contributed by atoms with Crippen LogP contribution in [0.5, 0.6) is 5.75 Å². The average Bonchev–Trinajstić information content (AvgIpc) is 3.49. The Bertz CT molecular complexity index is 1690. The number of rotatable bonds is 16. The van der Waals surface area contributed by atoms with Crippen LogP contribution in [0.15, 0.2) is 53.9 Å². The standard InChI is InChI=1S/C29H35FN4O8P2S/c1-6-39-43(36,40-7-2)29(44(37,41-8-3)42-9-4)34-27-25-23(15-16-45-25)32-26(33-27)19-11-10-12-20(17-19)28(35)31-21-13-14-24(38-5)22(30)18-21/h10-18,29H,6-9H2,1-5H3,(H,31,35)(H,32,33,34). The predicted octanol–water partition coefficient (Wildman–Crippen LogP) is 7.99. The van der Waals surface area contributed by atoms with Gasteiger partial charge in [0.25, 0.3) is 5.91 Å². The van der Waals surface area contributed by atoms with Crippen LogP contribution in [0.25, 0.3) is 21.6 Å². The molecule has 12 nitrogen and oxygen atoms in total. The second kappa shape index (κ2) is 15.4. The molecule has 45 heavy (non-hydrogen) atoms. The molecule has 1 amide bonds. The quantitative estimate of drug-likeness (QED) is 0.111. The third kappa shape index (κ3) is 7.96. The number of aromatic nitrogens is 2. The molecule has 0 unspecified atom stereocenters. The van der Waals surface area contributed by atoms with Gasteiger partial charge in [-0.1, -0.05) is 12.1 Å². The summed E-state index contributed by atoms with van der Waals surface area (Å²) in [5.41, 5.74) is -0.0235. The fourth-order valence-electron chi connectivity index (χ4n) is 4.37. The Labute approximate surface area is 264 Å². The van der Waals surface area contributed by atoms with E-state index in [9.17, 15) is 18.3 Å². The van der Waals surface area contributed by atoms with Gasteiger partial charge in [-0.05, 0) is 63.4 Å². The molecular formula is C29H35FN4O8P2S. The van der Waals surface area contributed by atoms with Gasteiger partial charge in [0.1, 0.15) is 5.82 Å². The molecule has 0 aliphatic carbocycles. The number of nitrogens with one attached hydrogen (secondary N) is 2. The Morgan fingerprint density at radius 2 is 1.56 bits per heavy atom. The number of benzene rings is 2. The zero-order valence-electron chi connectivity index (χ0n) is 25.4. The highest BCUT2D eigenvalue weighted by atomic mass is 32.1. The topological polar surface area (TPSA) is 147 Å². The van der Waals surface area contributed by atoms with Crippen LogP contribution < -0.4 is 15.4 Å². The van der Waals surface area contributed by atoms with Crippen molar-refractivity contribution in [2.24, 2.45) is 0 Å². The van der Waals surface area contributed by atoms with Crippen molar-refractivity contribution in [2.75, 3.05) is 44.2 Å². The van der Waals surface area contributed by atoms with E-state index >= 15 is 0 Å². The molecule has 0 fully saturated rings. The van der Waals surface area contributed by atoms with Crippen molar-refractivity contribution >= 4 is 54.2 Å². The highest BCUT2D eigenvalue weighted by Gasteiger charge is 2.51. The summed E-state index contributed by atoms with van der Waals surface area (Å²) in [5, 5.41) is 7.50. The number of nitrogens with zero attached hydrogens (tertiary/aromatic N) is 2. The van der Waals surface area contributed by atoms with Gasteiger partial charge < -0.3 is 33.5 Å². The Morgan fingerprint density at radius 1 is 0.911 bits per heavy atom. The van der Waals surface area contributed by atoms with Gasteiger partial charge in [-0.15, -0.1) is 11.3 Å². The van der Waals surface area contributed by atoms with E-state index < -0.39 is 32.4 Å². The molecule has 242 valence electrons. The lowest BCUT2D eigenvalue weighted by Gasteiger charge is -2.32. The molecule has 4 aromatic rings. The maximum atomic E-state index is 14.2. The van der Waals surface area contributed by atoms with Crippen molar-refractivity contribution in [3.05, 3.63) is 65.3 Å². The average molecular weight is 681 g/mol. The lowest BCUT2D eigenvalue weighted by Crippen LogP contribution is -2.26. The Balaban J connectivity index is 1.75. The lowest BCUT2D eigenvalue weighted by atomic mass is 10.1. The highest BCUT2D eigenvalue weighted by molar-refractivity contribution is 7.73. The van der Waals surface area contributed by atoms with E-state index in [2.05, 4.69) is 15.6 Å². The summed E-state index contributed by atoms with van der Waals surface area (Å²) in [7, 11) is -6.95. The van der Waals surface area contributed by atoms with Gasteiger partial charge in [-0.3, -0.25) is 13.9 Å². The molecule has 0 radical (unpaired) electrons. The molecule has 4 rings (SSSR count). The number of halogens is 1. The van der Waals surface area contributed by atoms with Crippen molar-refractivity contribution in [3.8, 4) is 17.1 Å². The second-order valence-electron chi connectivity index (χ2n) is 9.18. The molecule has 0 saturated carbocycles. The first-order chi connectivity index (χ1) is 21.6. The van der Waals surface area contributed by atoms with Crippen molar-refractivity contribution < 1.29 is 41.1 Å². The van der Waals surface area contributed by atoms with Crippen LogP contribution in [0, 0.1) is 5.82 Å². The number of anilines is 2. The molecule has 2 N–H and O–H groups in total. The summed E-state index contributed by atoms with van der Waals surface area (Å²) in [4.78, 5) is 22.4. The first-order valence-electron chi connectivity index (χ1n) is 14.2. The zero-order chi connectivity index (χ0) is 32.6. The number of hydrogen-bond acceptors (Lipinski definition) is 12. The minimum atomic E-state index is -4.15. The highest BCUT2D eigenvalue weighted by Crippen LogP contribution is 2.70. The SMILES string of the molecule is CCOP(=O)(OCC)C(Nc1nc(-c2cccc(C(=O)Nc3ccc(OC)c(F)c3)c2)nc2ccsc12)P(=O)(OCC)OCC. The summed E-state index contributed by atoms with van der Waals surface area (Å²) >= 11 is 1.31. The number of amides is 1. The fraction of sp³-hybridized carbons (Fsp3) is 0.345. The maximum absolute atomic E-state index is 14.2. The first kappa shape index (κ1) is 34.6. The molecule has 0 bridgehead atoms. The smallest absolute Gasteiger partial charge is 0.365 e. The molecule has 2 aromatic carbocycles. The Morgan fingerprint density at radius 3 is 2.13 bits per heavy atom. The molecule has 0 aliphatic rings. The lowest BCUT2D eigenvalue weighted by molar-refractivity contribution is 0.102. The molecule has 0 saturated heterocycles. The summed E-state index contributed by atoms with van der Waals surface area (Å²) in [6, 6.07) is 12.4. The van der Waals surface area contributed by atoms with Gasteiger partial charge in [-0.25, -0.2) is 14.4 Å². The number of carbonyl (C=O) groups excluding carboxylic acids is 1. The van der Waals surface area contributed by atoms with Crippen LogP contribution in [0.2, 0.25) is 0 Å². The van der Waals surface area contributed by atoms with Gasteiger partial charge in [-0.2, -0.15) is 0 Å². The fourth-order valence-corrected chi connectivity index (χ4v) is 10.1. The largest absolute Gasteiger partial charge is 0.494 e. The van der Waals surface area contributed by atoms with E-state index in [4.69, 9.17) is 27.8 Å². The maximum Gasteiger partial charge on any atom is 0.365 e. The van der Waals surface area contributed by atoms with E-state index in [1.807, 2.05) is 0 Å².